The highest BCUT2D eigenvalue weighted by Gasteiger charge is 2.22. The molecule has 1 aliphatic heterocycles. The van der Waals surface area contributed by atoms with E-state index in [-0.39, 0.29) is 18.0 Å². The van der Waals surface area contributed by atoms with Crippen molar-refractivity contribution in [3.63, 3.8) is 0 Å². The first-order chi connectivity index (χ1) is 14.9. The number of carbonyl (C=O) groups is 1. The van der Waals surface area contributed by atoms with E-state index in [1.54, 1.807) is 36.4 Å². The van der Waals surface area contributed by atoms with Gasteiger partial charge in [0.1, 0.15) is 11.0 Å². The van der Waals surface area contributed by atoms with Crippen LogP contribution in [0.2, 0.25) is 5.02 Å². The van der Waals surface area contributed by atoms with Crippen molar-refractivity contribution in [2.24, 2.45) is 0 Å². The highest BCUT2D eigenvalue weighted by Crippen LogP contribution is 2.35. The molecule has 0 saturated carbocycles. The van der Waals surface area contributed by atoms with Gasteiger partial charge in [-0.05, 0) is 82.6 Å². The van der Waals surface area contributed by atoms with E-state index < -0.39 is 17.0 Å². The molecule has 2 unspecified atom stereocenters. The van der Waals surface area contributed by atoms with Gasteiger partial charge in [0, 0.05) is 11.6 Å². The van der Waals surface area contributed by atoms with E-state index in [1.807, 2.05) is 19.1 Å². The number of halogens is 1. The van der Waals surface area contributed by atoms with E-state index in [0.29, 0.717) is 27.5 Å². The highest BCUT2D eigenvalue weighted by molar-refractivity contribution is 7.83. The van der Waals surface area contributed by atoms with Gasteiger partial charge in [0.15, 0.2) is 0 Å². The number of carboxylic acid groups (broad SMARTS) is 1. The minimum Gasteiger partial charge on any atom is -0.478 e. The van der Waals surface area contributed by atoms with Crippen LogP contribution in [0.25, 0.3) is 11.1 Å². The third kappa shape index (κ3) is 4.26. The molecular formula is C24H19ClN2O3S. The third-order valence-corrected chi connectivity index (χ3v) is 6.92. The van der Waals surface area contributed by atoms with E-state index in [4.69, 9.17) is 11.6 Å². The van der Waals surface area contributed by atoms with Crippen LogP contribution in [0.3, 0.4) is 0 Å². The van der Waals surface area contributed by atoms with Crippen LogP contribution < -0.4 is 4.72 Å². The lowest BCUT2D eigenvalue weighted by molar-refractivity contribution is 0.0697. The second-order valence-corrected chi connectivity index (χ2v) is 9.24. The van der Waals surface area contributed by atoms with Crippen molar-refractivity contribution in [3.05, 3.63) is 87.4 Å². The average molecular weight is 451 g/mol. The zero-order chi connectivity index (χ0) is 22.1. The Bertz CT molecular complexity index is 1270. The van der Waals surface area contributed by atoms with Gasteiger partial charge < -0.3 is 5.11 Å². The molecule has 0 fully saturated rings. The number of aromatic carboxylic acids is 1. The zero-order valence-corrected chi connectivity index (χ0v) is 18.3. The molecule has 0 radical (unpaired) electrons. The molecule has 31 heavy (non-hydrogen) atoms. The number of hydrogen-bond acceptors (Lipinski definition) is 3. The molecule has 1 aliphatic rings. The smallest absolute Gasteiger partial charge is 0.335 e. The molecule has 3 aromatic carbocycles. The number of hydrogen-bond donors (Lipinski definition) is 2. The molecule has 0 bridgehead atoms. The summed E-state index contributed by atoms with van der Waals surface area (Å²) in [4.78, 5) is 12.3. The number of fused-ring (bicyclic) bond motifs is 4. The number of nitrogens with one attached hydrogen (secondary N) is 1. The summed E-state index contributed by atoms with van der Waals surface area (Å²) in [6.07, 6.45) is 0.613. The zero-order valence-electron chi connectivity index (χ0n) is 16.7. The quantitative estimate of drug-likeness (QED) is 0.542. The van der Waals surface area contributed by atoms with Crippen LogP contribution in [-0.2, 0) is 24.0 Å². The molecular weight excluding hydrogens is 432 g/mol. The highest BCUT2D eigenvalue weighted by atomic mass is 35.5. The Morgan fingerprint density at radius 3 is 2.61 bits per heavy atom. The summed E-state index contributed by atoms with van der Waals surface area (Å²) in [7, 11) is -1.47. The second-order valence-electron chi connectivity index (χ2n) is 7.54. The van der Waals surface area contributed by atoms with Crippen LogP contribution in [0.5, 0.6) is 0 Å². The van der Waals surface area contributed by atoms with Gasteiger partial charge in [-0.25, -0.2) is 13.7 Å². The molecule has 4 rings (SSSR count). The predicted molar refractivity (Wildman–Crippen MR) is 120 cm³/mol. The number of carboxylic acids is 1. The summed E-state index contributed by atoms with van der Waals surface area (Å²) in [5, 5.41) is 19.5. The maximum absolute atomic E-state index is 13.1. The normalized spacial score (nSPS) is 18.0. The van der Waals surface area contributed by atoms with Gasteiger partial charge in [-0.2, -0.15) is 5.26 Å². The fourth-order valence-electron chi connectivity index (χ4n) is 3.92. The standard InChI is InChI=1S/C24H19ClN2O3S/c1-14-8-16-3-2-15(12-26)9-21(16)22-10-17(24(28)29)4-5-18(22)13-27-31(30)23-7-6-19(25)11-20(14)23/h2-7,9-11,14,27H,8,13H2,1H3,(H,28,29). The van der Waals surface area contributed by atoms with Gasteiger partial charge in [-0.3, -0.25) is 0 Å². The fraction of sp³-hybridized carbons (Fsp3) is 0.167. The Labute approximate surface area is 187 Å². The summed E-state index contributed by atoms with van der Waals surface area (Å²) in [6, 6.07) is 17.9. The van der Waals surface area contributed by atoms with Crippen LogP contribution in [0, 0.1) is 11.3 Å². The van der Waals surface area contributed by atoms with Crippen molar-refractivity contribution in [3.8, 4) is 17.2 Å². The number of benzene rings is 3. The molecule has 156 valence electrons. The summed E-state index contributed by atoms with van der Waals surface area (Å²) < 4.78 is 16.1. The molecule has 5 nitrogen and oxygen atoms in total. The number of rotatable bonds is 1. The monoisotopic (exact) mass is 450 g/mol. The molecule has 3 aromatic rings. The molecule has 0 aliphatic carbocycles. The Balaban J connectivity index is 1.96. The third-order valence-electron chi connectivity index (χ3n) is 5.51. The van der Waals surface area contributed by atoms with Gasteiger partial charge in [0.05, 0.1) is 22.1 Å². The minimum atomic E-state index is -1.47. The van der Waals surface area contributed by atoms with Crippen LogP contribution >= 0.6 is 11.6 Å². The van der Waals surface area contributed by atoms with Crippen LogP contribution in [0.4, 0.5) is 0 Å². The van der Waals surface area contributed by atoms with Crippen LogP contribution in [0.15, 0.2) is 59.5 Å². The molecule has 7 heteroatoms. The lowest BCUT2D eigenvalue weighted by Crippen LogP contribution is -2.19. The molecule has 0 amide bonds. The number of nitrogens with zero attached hydrogens (tertiary/aromatic N) is 1. The maximum Gasteiger partial charge on any atom is 0.335 e. The number of nitriles is 1. The van der Waals surface area contributed by atoms with E-state index in [9.17, 15) is 19.4 Å². The first-order valence-electron chi connectivity index (χ1n) is 9.71. The largest absolute Gasteiger partial charge is 0.478 e. The lowest BCUT2D eigenvalue weighted by Gasteiger charge is -2.18. The molecule has 0 aromatic heterocycles. The first kappa shape index (κ1) is 21.3. The topological polar surface area (TPSA) is 90.2 Å². The summed E-state index contributed by atoms with van der Waals surface area (Å²) in [5.41, 5.74) is 4.85. The Morgan fingerprint density at radius 1 is 1.13 bits per heavy atom. The van der Waals surface area contributed by atoms with Crippen molar-refractivity contribution in [1.29, 1.82) is 5.26 Å². The first-order valence-corrected chi connectivity index (χ1v) is 11.2. The van der Waals surface area contributed by atoms with Crippen molar-refractivity contribution in [2.45, 2.75) is 30.7 Å². The van der Waals surface area contributed by atoms with Gasteiger partial charge in [-0.15, -0.1) is 0 Å². The van der Waals surface area contributed by atoms with Crippen LogP contribution in [-0.4, -0.2) is 15.3 Å². The predicted octanol–water partition coefficient (Wildman–Crippen LogP) is 5.05. The van der Waals surface area contributed by atoms with Gasteiger partial charge in [0.25, 0.3) is 0 Å². The van der Waals surface area contributed by atoms with Gasteiger partial charge >= 0.3 is 5.97 Å². The molecule has 2 atom stereocenters. The van der Waals surface area contributed by atoms with E-state index >= 15 is 0 Å². The van der Waals surface area contributed by atoms with Gasteiger partial charge in [0.2, 0.25) is 0 Å². The summed E-state index contributed by atoms with van der Waals surface area (Å²) in [6.45, 7) is 2.31. The van der Waals surface area contributed by atoms with E-state index in [1.165, 1.54) is 6.07 Å². The Morgan fingerprint density at radius 2 is 1.87 bits per heavy atom. The van der Waals surface area contributed by atoms with Gasteiger partial charge in [-0.1, -0.05) is 30.7 Å². The Hall–Kier alpha value is -2.98. The average Bonchev–Trinajstić information content (AvgIpc) is 2.78. The molecule has 2 N–H and O–H groups in total. The van der Waals surface area contributed by atoms with Crippen molar-refractivity contribution in [2.75, 3.05) is 0 Å². The summed E-state index contributed by atoms with van der Waals surface area (Å²) >= 11 is 6.24. The van der Waals surface area contributed by atoms with E-state index in [2.05, 4.69) is 10.8 Å². The maximum atomic E-state index is 13.1. The lowest BCUT2D eigenvalue weighted by atomic mass is 9.86. The second kappa shape index (κ2) is 8.64. The molecule has 1 heterocycles. The van der Waals surface area contributed by atoms with E-state index in [0.717, 1.165) is 22.3 Å². The van der Waals surface area contributed by atoms with Crippen molar-refractivity contribution < 1.29 is 14.1 Å². The SMILES string of the molecule is CC1Cc2ccc(C#N)cc2-c2cc(C(=O)O)ccc2CNS(=O)c2ccc(Cl)cc21. The fourth-order valence-corrected chi connectivity index (χ4v) is 5.21. The van der Waals surface area contributed by atoms with Crippen molar-refractivity contribution >= 4 is 28.6 Å². The Kier molecular flexibility index (Phi) is 5.92. The van der Waals surface area contributed by atoms with Crippen LogP contribution in [0.1, 0.15) is 45.5 Å². The van der Waals surface area contributed by atoms with Crippen molar-refractivity contribution in [1.82, 2.24) is 4.72 Å². The summed E-state index contributed by atoms with van der Waals surface area (Å²) in [5.74, 6) is -1.03. The molecule has 0 saturated heterocycles. The molecule has 0 spiro atoms. The minimum absolute atomic E-state index is 0.00431.